The predicted octanol–water partition coefficient (Wildman–Crippen LogP) is 2.05. The molecular weight excluding hydrogens is 238 g/mol. The van der Waals surface area contributed by atoms with Gasteiger partial charge >= 0.3 is 0 Å². The minimum atomic E-state index is 0.290. The molecule has 0 saturated carbocycles. The Morgan fingerprint density at radius 1 is 1.37 bits per heavy atom. The van der Waals surface area contributed by atoms with E-state index in [4.69, 9.17) is 4.74 Å². The van der Waals surface area contributed by atoms with Crippen LogP contribution in [0.2, 0.25) is 0 Å². The van der Waals surface area contributed by atoms with E-state index >= 15 is 0 Å². The fourth-order valence-electron chi connectivity index (χ4n) is 2.78. The summed E-state index contributed by atoms with van der Waals surface area (Å²) in [5.74, 6) is 0.681. The number of ether oxygens (including phenoxy) is 1. The van der Waals surface area contributed by atoms with Gasteiger partial charge in [0.05, 0.1) is 7.11 Å². The molecule has 1 aromatic rings. The molecule has 0 unspecified atom stereocenters. The lowest BCUT2D eigenvalue weighted by Crippen LogP contribution is -2.59. The summed E-state index contributed by atoms with van der Waals surface area (Å²) in [6.07, 6.45) is 4.28. The normalized spacial score (nSPS) is 19.3. The fraction of sp³-hybridized carbons (Fsp3) is 0.667. The number of rotatable bonds is 5. The molecule has 1 N–H and O–H groups in total. The van der Waals surface area contributed by atoms with Crippen molar-refractivity contribution in [2.45, 2.75) is 38.8 Å². The summed E-state index contributed by atoms with van der Waals surface area (Å²) in [6, 6.07) is 4.04. The Bertz CT molecular complexity index is 387. The monoisotopic (exact) mass is 263 g/mol. The molecule has 0 radical (unpaired) electrons. The van der Waals surface area contributed by atoms with Crippen LogP contribution in [0.4, 0.5) is 0 Å². The maximum atomic E-state index is 5.09. The quantitative estimate of drug-likeness (QED) is 0.882. The molecule has 106 valence electrons. The highest BCUT2D eigenvalue weighted by Crippen LogP contribution is 2.21. The molecule has 2 rings (SSSR count). The van der Waals surface area contributed by atoms with Crippen LogP contribution in [0.15, 0.2) is 18.3 Å². The lowest BCUT2D eigenvalue weighted by atomic mass is 9.90. The van der Waals surface area contributed by atoms with Crippen LogP contribution in [-0.4, -0.2) is 42.2 Å². The zero-order valence-corrected chi connectivity index (χ0v) is 12.3. The first-order chi connectivity index (χ1) is 9.21. The smallest absolute Gasteiger partial charge is 0.212 e. The number of nitrogens with zero attached hydrogens (tertiary/aromatic N) is 2. The van der Waals surface area contributed by atoms with Crippen LogP contribution in [0.25, 0.3) is 0 Å². The summed E-state index contributed by atoms with van der Waals surface area (Å²) in [6.45, 7) is 8.81. The summed E-state index contributed by atoms with van der Waals surface area (Å²) < 4.78 is 5.09. The molecule has 0 spiro atoms. The first kappa shape index (κ1) is 14.3. The Kier molecular flexibility index (Phi) is 4.77. The van der Waals surface area contributed by atoms with Gasteiger partial charge in [-0.1, -0.05) is 19.9 Å². The maximum absolute atomic E-state index is 5.09. The summed E-state index contributed by atoms with van der Waals surface area (Å²) in [5.41, 5.74) is 1.54. The van der Waals surface area contributed by atoms with Gasteiger partial charge in [0.1, 0.15) is 0 Å². The number of hydrogen-bond donors (Lipinski definition) is 1. The summed E-state index contributed by atoms with van der Waals surface area (Å²) in [4.78, 5) is 6.80. The highest BCUT2D eigenvalue weighted by Gasteiger charge is 2.31. The second-order valence-electron chi connectivity index (χ2n) is 5.33. The van der Waals surface area contributed by atoms with Gasteiger partial charge in [-0.3, -0.25) is 4.90 Å². The zero-order chi connectivity index (χ0) is 13.7. The van der Waals surface area contributed by atoms with Gasteiger partial charge in [-0.05, 0) is 18.4 Å². The third kappa shape index (κ3) is 3.45. The molecule has 2 heterocycles. The molecule has 1 aliphatic heterocycles. The number of aromatic nitrogens is 1. The highest BCUT2D eigenvalue weighted by atomic mass is 16.5. The largest absolute Gasteiger partial charge is 0.481 e. The van der Waals surface area contributed by atoms with Gasteiger partial charge in [0, 0.05) is 44.0 Å². The molecule has 19 heavy (non-hydrogen) atoms. The summed E-state index contributed by atoms with van der Waals surface area (Å²) in [5, 5.41) is 3.69. The molecular formula is C15H25N3O. The van der Waals surface area contributed by atoms with Crippen molar-refractivity contribution in [1.29, 1.82) is 0 Å². The van der Waals surface area contributed by atoms with Crippen molar-refractivity contribution in [3.05, 3.63) is 23.9 Å². The maximum Gasteiger partial charge on any atom is 0.212 e. The van der Waals surface area contributed by atoms with E-state index in [1.807, 2.05) is 12.3 Å². The number of methoxy groups -OCH3 is 1. The Hall–Kier alpha value is -1.13. The van der Waals surface area contributed by atoms with Gasteiger partial charge in [0.2, 0.25) is 5.88 Å². The summed E-state index contributed by atoms with van der Waals surface area (Å²) in [7, 11) is 1.65. The minimum Gasteiger partial charge on any atom is -0.481 e. The van der Waals surface area contributed by atoms with E-state index in [9.17, 15) is 0 Å². The first-order valence-corrected chi connectivity index (χ1v) is 7.17. The second kappa shape index (κ2) is 6.35. The third-order valence-electron chi connectivity index (χ3n) is 4.22. The van der Waals surface area contributed by atoms with Gasteiger partial charge < -0.3 is 10.1 Å². The van der Waals surface area contributed by atoms with E-state index in [1.54, 1.807) is 7.11 Å². The van der Waals surface area contributed by atoms with Gasteiger partial charge in [-0.2, -0.15) is 0 Å². The molecule has 1 aromatic heterocycles. The number of hydrogen-bond acceptors (Lipinski definition) is 4. The molecule has 1 aliphatic rings. The lowest BCUT2D eigenvalue weighted by molar-refractivity contribution is 0.118. The predicted molar refractivity (Wildman–Crippen MR) is 77.4 cm³/mol. The van der Waals surface area contributed by atoms with E-state index in [-0.39, 0.29) is 5.54 Å². The molecule has 0 aromatic carbocycles. The van der Waals surface area contributed by atoms with E-state index < -0.39 is 0 Å². The average molecular weight is 263 g/mol. The van der Waals surface area contributed by atoms with Gasteiger partial charge in [-0.25, -0.2) is 4.98 Å². The van der Waals surface area contributed by atoms with Crippen LogP contribution in [0.5, 0.6) is 5.88 Å². The van der Waals surface area contributed by atoms with Crippen molar-refractivity contribution < 1.29 is 4.74 Å². The van der Waals surface area contributed by atoms with Crippen molar-refractivity contribution >= 4 is 0 Å². The molecule has 0 aliphatic carbocycles. The topological polar surface area (TPSA) is 37.4 Å². The van der Waals surface area contributed by atoms with Crippen LogP contribution in [0, 0.1) is 0 Å². The Morgan fingerprint density at radius 3 is 2.74 bits per heavy atom. The Labute approximate surface area is 116 Å². The van der Waals surface area contributed by atoms with Crippen molar-refractivity contribution in [1.82, 2.24) is 15.2 Å². The molecule has 0 amide bonds. The van der Waals surface area contributed by atoms with Crippen molar-refractivity contribution in [3.8, 4) is 5.88 Å². The van der Waals surface area contributed by atoms with Crippen LogP contribution in [0.3, 0.4) is 0 Å². The molecule has 4 nitrogen and oxygen atoms in total. The minimum absolute atomic E-state index is 0.290. The van der Waals surface area contributed by atoms with Gasteiger partial charge in [0.25, 0.3) is 0 Å². The van der Waals surface area contributed by atoms with Crippen LogP contribution in [-0.2, 0) is 6.54 Å². The molecule has 0 atom stereocenters. The standard InChI is InChI=1S/C15H25N3O/c1-4-15(5-2)12-18(9-8-17-15)11-13-6-7-14(19-3)16-10-13/h6-7,10,17H,4-5,8-9,11-12H2,1-3H3. The summed E-state index contributed by atoms with van der Waals surface area (Å²) >= 11 is 0. The number of pyridine rings is 1. The van der Waals surface area contributed by atoms with E-state index in [0.717, 1.165) is 26.2 Å². The molecule has 1 saturated heterocycles. The average Bonchev–Trinajstić information content (AvgIpc) is 2.48. The van der Waals surface area contributed by atoms with Gasteiger partial charge in [-0.15, -0.1) is 0 Å². The van der Waals surface area contributed by atoms with E-state index in [2.05, 4.69) is 35.1 Å². The molecule has 4 heteroatoms. The highest BCUT2D eigenvalue weighted by molar-refractivity contribution is 5.17. The van der Waals surface area contributed by atoms with E-state index in [1.165, 1.54) is 18.4 Å². The first-order valence-electron chi connectivity index (χ1n) is 7.17. The Balaban J connectivity index is 1.98. The Morgan fingerprint density at radius 2 is 2.16 bits per heavy atom. The SMILES string of the molecule is CCC1(CC)CN(Cc2ccc(OC)nc2)CCN1. The third-order valence-corrected chi connectivity index (χ3v) is 4.22. The second-order valence-corrected chi connectivity index (χ2v) is 5.33. The zero-order valence-electron chi connectivity index (χ0n) is 12.3. The lowest BCUT2D eigenvalue weighted by Gasteiger charge is -2.43. The number of nitrogens with one attached hydrogen (secondary N) is 1. The van der Waals surface area contributed by atoms with Crippen molar-refractivity contribution in [2.75, 3.05) is 26.7 Å². The van der Waals surface area contributed by atoms with E-state index in [0.29, 0.717) is 5.88 Å². The molecule has 0 bridgehead atoms. The van der Waals surface area contributed by atoms with Crippen LogP contribution >= 0.6 is 0 Å². The molecule has 1 fully saturated rings. The van der Waals surface area contributed by atoms with Crippen LogP contribution in [0.1, 0.15) is 32.3 Å². The number of piperazine rings is 1. The van der Waals surface area contributed by atoms with Crippen LogP contribution < -0.4 is 10.1 Å². The van der Waals surface area contributed by atoms with Gasteiger partial charge in [0.15, 0.2) is 0 Å². The fourth-order valence-corrected chi connectivity index (χ4v) is 2.78. The van der Waals surface area contributed by atoms with Crippen molar-refractivity contribution in [2.24, 2.45) is 0 Å². The van der Waals surface area contributed by atoms with Crippen molar-refractivity contribution in [3.63, 3.8) is 0 Å².